The molecular formula is C37H70NO10P. The number of carbonyl (C=O) groups is 3. The number of carboxylic acid groups (broad SMARTS) is 1. The van der Waals surface area contributed by atoms with E-state index in [4.69, 9.17) is 24.8 Å². The maximum absolute atomic E-state index is 12.5. The molecule has 49 heavy (non-hydrogen) atoms. The van der Waals surface area contributed by atoms with Crippen molar-refractivity contribution in [2.45, 2.75) is 187 Å². The summed E-state index contributed by atoms with van der Waals surface area (Å²) in [5.74, 6) is -2.40. The van der Waals surface area contributed by atoms with Gasteiger partial charge < -0.3 is 25.2 Å². The highest BCUT2D eigenvalue weighted by molar-refractivity contribution is 7.47. The van der Waals surface area contributed by atoms with Gasteiger partial charge in [0.15, 0.2) is 6.10 Å². The number of hydrogen-bond acceptors (Lipinski definition) is 9. The van der Waals surface area contributed by atoms with Gasteiger partial charge in [0, 0.05) is 12.8 Å². The van der Waals surface area contributed by atoms with Crippen LogP contribution in [-0.4, -0.2) is 59.9 Å². The summed E-state index contributed by atoms with van der Waals surface area (Å²) >= 11 is 0. The van der Waals surface area contributed by atoms with Crippen LogP contribution in [0.25, 0.3) is 0 Å². The number of aliphatic carboxylic acids is 1. The second kappa shape index (κ2) is 33.4. The summed E-state index contributed by atoms with van der Waals surface area (Å²) in [6.07, 6.45) is 30.0. The minimum Gasteiger partial charge on any atom is -0.480 e. The second-order valence-electron chi connectivity index (χ2n) is 13.1. The van der Waals surface area contributed by atoms with Crippen molar-refractivity contribution >= 4 is 25.7 Å². The van der Waals surface area contributed by atoms with Crippen molar-refractivity contribution < 1.29 is 47.5 Å². The Morgan fingerprint density at radius 2 is 1.02 bits per heavy atom. The molecule has 0 aromatic heterocycles. The van der Waals surface area contributed by atoms with Crippen molar-refractivity contribution in [2.75, 3.05) is 19.8 Å². The lowest BCUT2D eigenvalue weighted by molar-refractivity contribution is -0.161. The lowest BCUT2D eigenvalue weighted by Gasteiger charge is -2.20. The molecule has 11 nitrogen and oxygen atoms in total. The first-order valence-electron chi connectivity index (χ1n) is 19.2. The van der Waals surface area contributed by atoms with Crippen LogP contribution in [0.15, 0.2) is 12.2 Å². The largest absolute Gasteiger partial charge is 0.480 e. The number of unbranched alkanes of at least 4 members (excludes halogenated alkanes) is 20. The number of carboxylic acids is 1. The van der Waals surface area contributed by atoms with Gasteiger partial charge in [0.1, 0.15) is 12.6 Å². The number of esters is 2. The van der Waals surface area contributed by atoms with Gasteiger partial charge in [0.25, 0.3) is 0 Å². The third-order valence-corrected chi connectivity index (χ3v) is 9.21. The van der Waals surface area contributed by atoms with Gasteiger partial charge in [-0.15, -0.1) is 0 Å². The molecule has 0 aromatic rings. The molecule has 12 heteroatoms. The van der Waals surface area contributed by atoms with Crippen LogP contribution < -0.4 is 5.73 Å². The summed E-state index contributed by atoms with van der Waals surface area (Å²) in [7, 11) is -4.71. The van der Waals surface area contributed by atoms with Crippen LogP contribution in [0.4, 0.5) is 0 Å². The lowest BCUT2D eigenvalue weighted by Crippen LogP contribution is -2.34. The lowest BCUT2D eigenvalue weighted by atomic mass is 10.1. The maximum Gasteiger partial charge on any atom is 0.472 e. The Labute approximate surface area is 297 Å². The monoisotopic (exact) mass is 719 g/mol. The molecule has 4 N–H and O–H groups in total. The molecule has 0 aliphatic heterocycles. The number of allylic oxidation sites excluding steroid dienone is 2. The van der Waals surface area contributed by atoms with Gasteiger partial charge in [0.2, 0.25) is 0 Å². The van der Waals surface area contributed by atoms with Crippen molar-refractivity contribution in [3.05, 3.63) is 12.2 Å². The minimum absolute atomic E-state index is 0.135. The summed E-state index contributed by atoms with van der Waals surface area (Å²) < 4.78 is 32.5. The molecular weight excluding hydrogens is 649 g/mol. The number of carbonyl (C=O) groups excluding carboxylic acids is 2. The van der Waals surface area contributed by atoms with Crippen LogP contribution in [0.1, 0.15) is 174 Å². The summed E-state index contributed by atoms with van der Waals surface area (Å²) in [4.78, 5) is 45.7. The average Bonchev–Trinajstić information content (AvgIpc) is 3.07. The number of phosphoric ester groups is 1. The minimum atomic E-state index is -4.71. The first-order valence-corrected chi connectivity index (χ1v) is 20.7. The van der Waals surface area contributed by atoms with Crippen LogP contribution in [0.2, 0.25) is 0 Å². The van der Waals surface area contributed by atoms with E-state index in [-0.39, 0.29) is 19.4 Å². The van der Waals surface area contributed by atoms with E-state index in [9.17, 15) is 23.8 Å². The van der Waals surface area contributed by atoms with Crippen molar-refractivity contribution in [1.29, 1.82) is 0 Å². The Bertz CT molecular complexity index is 900. The summed E-state index contributed by atoms with van der Waals surface area (Å²) in [6, 6.07) is -1.52. The van der Waals surface area contributed by atoms with E-state index in [1.807, 2.05) is 0 Å². The topological polar surface area (TPSA) is 172 Å². The van der Waals surface area contributed by atoms with Crippen molar-refractivity contribution in [3.8, 4) is 0 Å². The van der Waals surface area contributed by atoms with Gasteiger partial charge >= 0.3 is 25.7 Å². The highest BCUT2D eigenvalue weighted by Crippen LogP contribution is 2.43. The van der Waals surface area contributed by atoms with Crippen LogP contribution in [0.3, 0.4) is 0 Å². The van der Waals surface area contributed by atoms with E-state index in [2.05, 4.69) is 30.5 Å². The zero-order chi connectivity index (χ0) is 36.4. The van der Waals surface area contributed by atoms with Gasteiger partial charge in [-0.25, -0.2) is 4.57 Å². The van der Waals surface area contributed by atoms with Gasteiger partial charge in [-0.3, -0.25) is 23.4 Å². The number of rotatable bonds is 36. The third kappa shape index (κ3) is 33.1. The molecule has 0 heterocycles. The summed E-state index contributed by atoms with van der Waals surface area (Å²) in [5.41, 5.74) is 5.31. The Morgan fingerprint density at radius 1 is 0.612 bits per heavy atom. The van der Waals surface area contributed by atoms with E-state index < -0.39 is 51.1 Å². The third-order valence-electron chi connectivity index (χ3n) is 8.26. The van der Waals surface area contributed by atoms with Gasteiger partial charge in [-0.05, 0) is 38.5 Å². The molecule has 0 aliphatic carbocycles. The number of hydrogen-bond donors (Lipinski definition) is 3. The quantitative estimate of drug-likeness (QED) is 0.0244. The van der Waals surface area contributed by atoms with Gasteiger partial charge in [-0.1, -0.05) is 135 Å². The van der Waals surface area contributed by atoms with Crippen LogP contribution in [-0.2, 0) is 37.5 Å². The molecule has 0 fully saturated rings. The molecule has 288 valence electrons. The molecule has 0 bridgehead atoms. The van der Waals surface area contributed by atoms with E-state index >= 15 is 0 Å². The molecule has 0 rings (SSSR count). The first kappa shape index (κ1) is 47.2. The summed E-state index contributed by atoms with van der Waals surface area (Å²) in [6.45, 7) is 2.75. The number of ether oxygens (including phenoxy) is 2. The van der Waals surface area contributed by atoms with E-state index in [1.165, 1.54) is 96.3 Å². The molecule has 0 aromatic carbocycles. The molecule has 0 saturated heterocycles. The van der Waals surface area contributed by atoms with Crippen LogP contribution in [0.5, 0.6) is 0 Å². The van der Waals surface area contributed by atoms with Gasteiger partial charge in [0.05, 0.1) is 13.2 Å². The van der Waals surface area contributed by atoms with Crippen molar-refractivity contribution in [1.82, 2.24) is 0 Å². The predicted molar refractivity (Wildman–Crippen MR) is 194 cm³/mol. The molecule has 0 saturated carbocycles. The summed E-state index contributed by atoms with van der Waals surface area (Å²) in [5, 5.41) is 8.85. The SMILES string of the molecule is CCCCCCCCCCC/C=C/CCCCC(=O)O[C@H](COC(=O)CCCCCCCCCCCC)COP(=O)(O)OC[C@H](N)C(=O)O. The number of nitrogens with two attached hydrogens (primary N) is 1. The fourth-order valence-corrected chi connectivity index (χ4v) is 5.95. The van der Waals surface area contributed by atoms with Gasteiger partial charge in [-0.2, -0.15) is 0 Å². The molecule has 3 atom stereocenters. The Morgan fingerprint density at radius 3 is 1.53 bits per heavy atom. The average molecular weight is 720 g/mol. The molecule has 0 amide bonds. The predicted octanol–water partition coefficient (Wildman–Crippen LogP) is 9.34. The Balaban J connectivity index is 4.45. The second-order valence-corrected chi connectivity index (χ2v) is 14.5. The fourth-order valence-electron chi connectivity index (χ4n) is 5.18. The highest BCUT2D eigenvalue weighted by atomic mass is 31.2. The molecule has 1 unspecified atom stereocenters. The molecule has 0 spiro atoms. The smallest absolute Gasteiger partial charge is 0.472 e. The highest BCUT2D eigenvalue weighted by Gasteiger charge is 2.28. The number of phosphoric acid groups is 1. The molecule has 0 radical (unpaired) electrons. The Kier molecular flexibility index (Phi) is 32.2. The van der Waals surface area contributed by atoms with Crippen molar-refractivity contribution in [3.63, 3.8) is 0 Å². The fraction of sp³-hybridized carbons (Fsp3) is 0.865. The standard InChI is InChI=1S/C37H70NO10P/c1-3-5-7-9-11-13-15-16-17-18-19-21-23-25-27-29-36(40)48-33(31-46-49(43,44)47-32-34(38)37(41)42)30-45-35(39)28-26-24-22-20-14-12-10-8-6-4-2/h19,21,33-34H,3-18,20,22-32,38H2,1-2H3,(H,41,42)(H,43,44)/b21-19+/t33-,34+/m1/s1. The molecule has 0 aliphatic rings. The zero-order valence-electron chi connectivity index (χ0n) is 30.8. The van der Waals surface area contributed by atoms with E-state index in [0.717, 1.165) is 38.5 Å². The zero-order valence-corrected chi connectivity index (χ0v) is 31.7. The first-order chi connectivity index (χ1) is 23.6. The van der Waals surface area contributed by atoms with Crippen LogP contribution in [0, 0.1) is 0 Å². The Hall–Kier alpha value is -1.78. The van der Waals surface area contributed by atoms with Crippen LogP contribution >= 0.6 is 7.82 Å². The van der Waals surface area contributed by atoms with E-state index in [0.29, 0.717) is 12.8 Å². The maximum atomic E-state index is 12.5. The van der Waals surface area contributed by atoms with E-state index in [1.54, 1.807) is 0 Å². The normalized spacial score (nSPS) is 14.0. The van der Waals surface area contributed by atoms with Crippen molar-refractivity contribution in [2.24, 2.45) is 5.73 Å².